The lowest BCUT2D eigenvalue weighted by Gasteiger charge is -2.07. The molecule has 13 heteroatoms. The Bertz CT molecular complexity index is 1510. The number of hydrogen-bond donors (Lipinski definition) is 1. The molecule has 1 N–H and O–H groups in total. The van der Waals surface area contributed by atoms with E-state index in [9.17, 15) is 26.4 Å². The normalized spacial score (nSPS) is 12.4. The minimum absolute atomic E-state index is 0.0526. The maximum absolute atomic E-state index is 12.5. The number of anilines is 2. The summed E-state index contributed by atoms with van der Waals surface area (Å²) in [5.74, 6) is 0.0837. The number of unbranched alkanes of at least 4 members (excludes halogenated alkanes) is 1. The van der Waals surface area contributed by atoms with Crippen LogP contribution in [-0.4, -0.2) is 47.1 Å². The number of fused-ring (bicyclic) bond motifs is 2. The molecule has 2 aromatic carbocycles. The lowest BCUT2D eigenvalue weighted by Crippen LogP contribution is -2.16. The number of thiazole rings is 1. The topological polar surface area (TPSA) is 103 Å². The largest absolute Gasteiger partial charge is 0.573 e. The Balaban J connectivity index is 1.49. The van der Waals surface area contributed by atoms with E-state index in [1.807, 2.05) is 0 Å². The zero-order chi connectivity index (χ0) is 25.4. The summed E-state index contributed by atoms with van der Waals surface area (Å²) in [4.78, 5) is 21.4. The van der Waals surface area contributed by atoms with Crippen LogP contribution in [0.25, 0.3) is 21.3 Å². The molecule has 0 aliphatic rings. The Labute approximate surface area is 202 Å². The number of carbonyl (C=O) groups is 1. The molecular weight excluding hydrogens is 505 g/mol. The number of hydrogen-bond acceptors (Lipinski definition) is 8. The summed E-state index contributed by atoms with van der Waals surface area (Å²) in [7, 11) is -1.26. The van der Waals surface area contributed by atoms with Gasteiger partial charge in [0, 0.05) is 37.1 Å². The number of nitrogens with one attached hydrogen (secondary N) is 1. The molecule has 0 spiro atoms. The standard InChI is InChI=1S/C22H21F3N4O4S2/c1-29-17-9-6-13(18(30)5-3-4-10-35(2,31)32)11-16(17)26-20(29)28-21-27-15-8-7-14(12-19(15)34-21)33-22(23,24)25/h6-9,11-12H,3-5,10H2,1-2H3,(H,26,27,28). The molecule has 0 saturated carbocycles. The predicted octanol–water partition coefficient (Wildman–Crippen LogP) is 5.22. The molecule has 2 heterocycles. The van der Waals surface area contributed by atoms with Crippen LogP contribution in [0.4, 0.5) is 24.3 Å². The second kappa shape index (κ2) is 9.46. The molecule has 4 aromatic rings. The first kappa shape index (κ1) is 24.9. The molecular formula is C22H21F3N4O4S2. The van der Waals surface area contributed by atoms with Crippen molar-refractivity contribution in [1.29, 1.82) is 0 Å². The molecule has 0 atom stereocenters. The van der Waals surface area contributed by atoms with Crippen molar-refractivity contribution in [3.8, 4) is 5.75 Å². The molecule has 0 bridgehead atoms. The maximum Gasteiger partial charge on any atom is 0.573 e. The number of ketones is 1. The Morgan fingerprint density at radius 1 is 1.11 bits per heavy atom. The average molecular weight is 527 g/mol. The van der Waals surface area contributed by atoms with E-state index in [4.69, 9.17) is 0 Å². The molecule has 0 aliphatic heterocycles. The van der Waals surface area contributed by atoms with E-state index in [1.54, 1.807) is 29.8 Å². The van der Waals surface area contributed by atoms with Crippen LogP contribution in [0.2, 0.25) is 0 Å². The highest BCUT2D eigenvalue weighted by Crippen LogP contribution is 2.33. The van der Waals surface area contributed by atoms with Crippen LogP contribution in [0.15, 0.2) is 36.4 Å². The number of aryl methyl sites for hydroxylation is 1. The molecule has 4 rings (SSSR count). The van der Waals surface area contributed by atoms with Crippen LogP contribution in [0, 0.1) is 0 Å². The van der Waals surface area contributed by atoms with Crippen LogP contribution in [0.5, 0.6) is 5.75 Å². The highest BCUT2D eigenvalue weighted by molar-refractivity contribution is 7.90. The van der Waals surface area contributed by atoms with E-state index >= 15 is 0 Å². The molecule has 0 amide bonds. The summed E-state index contributed by atoms with van der Waals surface area (Å²) in [6, 6.07) is 9.07. The van der Waals surface area contributed by atoms with Gasteiger partial charge < -0.3 is 14.6 Å². The SMILES string of the molecule is Cn1c(Nc2nc3ccc(OC(F)(F)F)cc3s2)nc2cc(C(=O)CCCCS(C)(=O)=O)ccc21. The van der Waals surface area contributed by atoms with E-state index in [1.165, 1.54) is 24.5 Å². The number of sulfone groups is 1. The van der Waals surface area contributed by atoms with Gasteiger partial charge >= 0.3 is 6.36 Å². The number of Topliss-reactive ketones (excluding diaryl/α,β-unsaturated/α-hetero) is 1. The monoisotopic (exact) mass is 526 g/mol. The van der Waals surface area contributed by atoms with Crippen molar-refractivity contribution in [2.75, 3.05) is 17.3 Å². The maximum atomic E-state index is 12.5. The van der Waals surface area contributed by atoms with E-state index in [0.717, 1.165) is 16.9 Å². The molecule has 0 aliphatic carbocycles. The van der Waals surface area contributed by atoms with Gasteiger partial charge in [0.1, 0.15) is 15.6 Å². The van der Waals surface area contributed by atoms with Crippen molar-refractivity contribution in [1.82, 2.24) is 14.5 Å². The molecule has 0 fully saturated rings. The number of imidazole rings is 1. The lowest BCUT2D eigenvalue weighted by molar-refractivity contribution is -0.274. The number of nitrogens with zero attached hydrogens (tertiary/aromatic N) is 3. The second-order valence-corrected chi connectivity index (χ2v) is 11.3. The third-order valence-corrected chi connectivity index (χ3v) is 7.15. The third kappa shape index (κ3) is 6.28. The predicted molar refractivity (Wildman–Crippen MR) is 128 cm³/mol. The number of alkyl halides is 3. The Hall–Kier alpha value is -3.19. The van der Waals surface area contributed by atoms with Gasteiger partial charge in [0.05, 0.1) is 21.3 Å². The van der Waals surface area contributed by atoms with E-state index in [2.05, 4.69) is 20.0 Å². The zero-order valence-electron chi connectivity index (χ0n) is 18.7. The Morgan fingerprint density at radius 3 is 2.60 bits per heavy atom. The minimum atomic E-state index is -4.77. The fraction of sp³-hybridized carbons (Fsp3) is 0.318. The van der Waals surface area contributed by atoms with Gasteiger partial charge in [-0.15, -0.1) is 13.2 Å². The van der Waals surface area contributed by atoms with Crippen molar-refractivity contribution in [3.63, 3.8) is 0 Å². The quantitative estimate of drug-likeness (QED) is 0.236. The molecule has 186 valence electrons. The number of aromatic nitrogens is 3. The van der Waals surface area contributed by atoms with Crippen LogP contribution in [0.1, 0.15) is 29.6 Å². The first-order valence-corrected chi connectivity index (χ1v) is 13.4. The van der Waals surface area contributed by atoms with Crippen molar-refractivity contribution in [2.45, 2.75) is 25.6 Å². The zero-order valence-corrected chi connectivity index (χ0v) is 20.4. The number of rotatable bonds is 9. The number of halogens is 3. The van der Waals surface area contributed by atoms with Crippen molar-refractivity contribution >= 4 is 59.3 Å². The van der Waals surface area contributed by atoms with Crippen LogP contribution in [-0.2, 0) is 16.9 Å². The van der Waals surface area contributed by atoms with E-state index in [-0.39, 0.29) is 23.7 Å². The van der Waals surface area contributed by atoms with Gasteiger partial charge in [-0.05, 0) is 43.2 Å². The summed E-state index contributed by atoms with van der Waals surface area (Å²) >= 11 is 1.15. The van der Waals surface area contributed by atoms with Gasteiger partial charge in [-0.2, -0.15) is 0 Å². The minimum Gasteiger partial charge on any atom is -0.406 e. The van der Waals surface area contributed by atoms with Gasteiger partial charge in [-0.1, -0.05) is 11.3 Å². The van der Waals surface area contributed by atoms with Gasteiger partial charge in [0.15, 0.2) is 10.9 Å². The van der Waals surface area contributed by atoms with Crippen molar-refractivity contribution in [3.05, 3.63) is 42.0 Å². The summed E-state index contributed by atoms with van der Waals surface area (Å²) < 4.78 is 66.1. The molecule has 2 aromatic heterocycles. The van der Waals surface area contributed by atoms with Crippen molar-refractivity contribution < 1.29 is 31.1 Å². The summed E-state index contributed by atoms with van der Waals surface area (Å²) in [6.45, 7) is 0. The fourth-order valence-electron chi connectivity index (χ4n) is 3.53. The molecule has 35 heavy (non-hydrogen) atoms. The Kier molecular flexibility index (Phi) is 6.73. The highest BCUT2D eigenvalue weighted by Gasteiger charge is 2.31. The number of ether oxygens (including phenoxy) is 1. The first-order chi connectivity index (χ1) is 16.4. The third-order valence-electron chi connectivity index (χ3n) is 5.18. The molecule has 0 radical (unpaired) electrons. The van der Waals surface area contributed by atoms with Crippen LogP contribution in [0.3, 0.4) is 0 Å². The fourth-order valence-corrected chi connectivity index (χ4v) is 5.15. The van der Waals surface area contributed by atoms with Gasteiger partial charge in [-0.3, -0.25) is 4.79 Å². The summed E-state index contributed by atoms with van der Waals surface area (Å²) in [6.07, 6.45) is -2.46. The second-order valence-electron chi connectivity index (χ2n) is 8.03. The summed E-state index contributed by atoms with van der Waals surface area (Å²) in [5, 5.41) is 3.51. The van der Waals surface area contributed by atoms with Crippen LogP contribution >= 0.6 is 11.3 Å². The van der Waals surface area contributed by atoms with Gasteiger partial charge in [-0.25, -0.2) is 18.4 Å². The Morgan fingerprint density at radius 2 is 1.89 bits per heavy atom. The van der Waals surface area contributed by atoms with Gasteiger partial charge in [0.25, 0.3) is 0 Å². The molecule has 0 saturated heterocycles. The van der Waals surface area contributed by atoms with Crippen molar-refractivity contribution in [2.24, 2.45) is 7.05 Å². The smallest absolute Gasteiger partial charge is 0.406 e. The average Bonchev–Trinajstić information content (AvgIpc) is 3.29. The summed E-state index contributed by atoms with van der Waals surface area (Å²) in [5.41, 5.74) is 2.34. The van der Waals surface area contributed by atoms with Crippen LogP contribution < -0.4 is 10.1 Å². The number of carbonyl (C=O) groups excluding carboxylic acids is 1. The molecule has 0 unspecified atom stereocenters. The first-order valence-electron chi connectivity index (χ1n) is 10.5. The number of benzene rings is 2. The van der Waals surface area contributed by atoms with E-state index < -0.39 is 16.2 Å². The molecule has 8 nitrogen and oxygen atoms in total. The van der Waals surface area contributed by atoms with Gasteiger partial charge in [0.2, 0.25) is 5.95 Å². The lowest BCUT2D eigenvalue weighted by atomic mass is 10.1. The van der Waals surface area contributed by atoms with E-state index in [0.29, 0.717) is 45.2 Å². The highest BCUT2D eigenvalue weighted by atomic mass is 32.2.